The number of anilines is 2. The van der Waals surface area contributed by atoms with Crippen molar-refractivity contribution >= 4 is 17.4 Å². The van der Waals surface area contributed by atoms with E-state index in [0.717, 1.165) is 23.8 Å². The smallest absolute Gasteiger partial charge is 0.433 e. The van der Waals surface area contributed by atoms with Gasteiger partial charge in [0.1, 0.15) is 29.0 Å². The molecule has 7 nitrogen and oxygen atoms in total. The number of aromatic nitrogens is 3. The molecule has 4 rings (SSSR count). The summed E-state index contributed by atoms with van der Waals surface area (Å²) in [6.07, 6.45) is -1.46. The summed E-state index contributed by atoms with van der Waals surface area (Å²) in [4.78, 5) is 27.0. The number of alkyl halides is 3. The van der Waals surface area contributed by atoms with Gasteiger partial charge in [-0.25, -0.2) is 9.97 Å². The van der Waals surface area contributed by atoms with Crippen LogP contribution in [-0.4, -0.2) is 40.1 Å². The normalized spacial score (nSPS) is 22.9. The van der Waals surface area contributed by atoms with E-state index < -0.39 is 11.9 Å². The molecular formula is C22H26F3N5O2. The van der Waals surface area contributed by atoms with E-state index in [1.165, 1.54) is 6.07 Å². The molecule has 32 heavy (non-hydrogen) atoms. The van der Waals surface area contributed by atoms with Crippen molar-refractivity contribution in [2.24, 2.45) is 11.8 Å². The molecule has 10 heteroatoms. The highest BCUT2D eigenvalue weighted by Crippen LogP contribution is 2.37. The second kappa shape index (κ2) is 8.22. The van der Waals surface area contributed by atoms with E-state index in [1.807, 2.05) is 32.7 Å². The van der Waals surface area contributed by atoms with Gasteiger partial charge in [0, 0.05) is 25.7 Å². The summed E-state index contributed by atoms with van der Waals surface area (Å²) in [6.45, 7) is 5.84. The SMILES string of the molecule is Cc1nc(CC2CC(Oc3ccnc(C(F)(F)F)c3)C2)nc2c1NC(=O)[C@H](C(C)C)N2C. The van der Waals surface area contributed by atoms with Gasteiger partial charge in [-0.1, -0.05) is 13.8 Å². The summed E-state index contributed by atoms with van der Waals surface area (Å²) >= 11 is 0. The van der Waals surface area contributed by atoms with Crippen molar-refractivity contribution in [3.63, 3.8) is 0 Å². The van der Waals surface area contributed by atoms with Gasteiger partial charge in [0.25, 0.3) is 0 Å². The second-order valence-corrected chi connectivity index (χ2v) is 8.87. The van der Waals surface area contributed by atoms with Crippen LogP contribution < -0.4 is 15.0 Å². The van der Waals surface area contributed by atoms with E-state index in [1.54, 1.807) is 0 Å². The Hall–Kier alpha value is -2.91. The summed E-state index contributed by atoms with van der Waals surface area (Å²) in [5.74, 6) is 1.94. The third kappa shape index (κ3) is 4.35. The van der Waals surface area contributed by atoms with Crippen LogP contribution in [0.25, 0.3) is 0 Å². The third-order valence-electron chi connectivity index (χ3n) is 6.01. The predicted molar refractivity (Wildman–Crippen MR) is 113 cm³/mol. The molecule has 2 aromatic heterocycles. The van der Waals surface area contributed by atoms with Gasteiger partial charge in [0.2, 0.25) is 5.91 Å². The molecule has 1 aliphatic carbocycles. The summed E-state index contributed by atoms with van der Waals surface area (Å²) in [5, 5.41) is 2.94. The van der Waals surface area contributed by atoms with Crippen molar-refractivity contribution in [3.8, 4) is 5.75 Å². The van der Waals surface area contributed by atoms with Gasteiger partial charge in [-0.3, -0.25) is 9.78 Å². The molecule has 1 fully saturated rings. The summed E-state index contributed by atoms with van der Waals surface area (Å²) in [5.41, 5.74) is 0.404. The number of carbonyl (C=O) groups is 1. The highest BCUT2D eigenvalue weighted by atomic mass is 19.4. The number of amides is 1. The maximum atomic E-state index is 12.8. The number of hydrogen-bond donors (Lipinski definition) is 1. The predicted octanol–water partition coefficient (Wildman–Crippen LogP) is 4.01. The number of carbonyl (C=O) groups excluding carboxylic acids is 1. The van der Waals surface area contributed by atoms with Gasteiger partial charge in [0.15, 0.2) is 5.82 Å². The standard InChI is InChI=1S/C22H26F3N5O2/c1-11(2)19-21(31)29-18-12(3)27-17(28-20(18)30(19)4)9-13-7-15(8-13)32-14-5-6-26-16(10-14)22(23,24)25/h5-6,10-11,13,15,19H,7-9H2,1-4H3,(H,29,31)/t13?,15?,19-/m0/s1. The fourth-order valence-corrected chi connectivity index (χ4v) is 4.39. The van der Waals surface area contributed by atoms with Crippen molar-refractivity contribution in [1.82, 2.24) is 15.0 Å². The zero-order valence-electron chi connectivity index (χ0n) is 18.4. The molecule has 0 unspecified atom stereocenters. The molecule has 1 atom stereocenters. The molecule has 0 spiro atoms. The molecule has 0 bridgehead atoms. The topological polar surface area (TPSA) is 80.2 Å². The highest BCUT2D eigenvalue weighted by molar-refractivity contribution is 6.03. The van der Waals surface area contributed by atoms with Crippen LogP contribution in [0.1, 0.15) is 43.9 Å². The molecule has 1 N–H and O–H groups in total. The van der Waals surface area contributed by atoms with E-state index in [4.69, 9.17) is 9.72 Å². The van der Waals surface area contributed by atoms with Gasteiger partial charge in [0.05, 0.1) is 11.8 Å². The first-order valence-electron chi connectivity index (χ1n) is 10.6. The van der Waals surface area contributed by atoms with E-state index in [-0.39, 0.29) is 35.6 Å². The number of likely N-dealkylation sites (N-methyl/N-ethyl adjacent to an activating group) is 1. The fraction of sp³-hybridized carbons (Fsp3) is 0.545. The number of nitrogens with zero attached hydrogens (tertiary/aromatic N) is 4. The Kier molecular flexibility index (Phi) is 5.72. The van der Waals surface area contributed by atoms with Crippen LogP contribution in [0, 0.1) is 18.8 Å². The Balaban J connectivity index is 1.40. The minimum absolute atomic E-state index is 0.0572. The monoisotopic (exact) mass is 449 g/mol. The molecule has 3 heterocycles. The zero-order valence-corrected chi connectivity index (χ0v) is 18.4. The van der Waals surface area contributed by atoms with Crippen molar-refractivity contribution < 1.29 is 22.7 Å². The first-order valence-corrected chi connectivity index (χ1v) is 10.6. The number of rotatable bonds is 5. The molecule has 2 aromatic rings. The molecule has 0 saturated heterocycles. The van der Waals surface area contributed by atoms with Gasteiger partial charge >= 0.3 is 6.18 Å². The minimum Gasteiger partial charge on any atom is -0.490 e. The Bertz CT molecular complexity index is 1020. The van der Waals surface area contributed by atoms with Crippen LogP contribution >= 0.6 is 0 Å². The lowest BCUT2D eigenvalue weighted by Crippen LogP contribution is -2.50. The average Bonchev–Trinajstić information content (AvgIpc) is 2.66. The van der Waals surface area contributed by atoms with Gasteiger partial charge in [-0.2, -0.15) is 13.2 Å². The highest BCUT2D eigenvalue weighted by Gasteiger charge is 2.37. The van der Waals surface area contributed by atoms with Crippen molar-refractivity contribution in [1.29, 1.82) is 0 Å². The average molecular weight is 449 g/mol. The Labute approximate surface area is 184 Å². The molecule has 1 aliphatic heterocycles. The van der Waals surface area contributed by atoms with E-state index in [2.05, 4.69) is 15.3 Å². The van der Waals surface area contributed by atoms with Crippen LogP contribution in [0.15, 0.2) is 18.3 Å². The number of halogens is 3. The molecule has 0 aromatic carbocycles. The number of hydrogen-bond acceptors (Lipinski definition) is 6. The summed E-state index contributed by atoms with van der Waals surface area (Å²) < 4.78 is 44.2. The molecule has 1 amide bonds. The third-order valence-corrected chi connectivity index (χ3v) is 6.01. The Morgan fingerprint density at radius 3 is 2.66 bits per heavy atom. The molecule has 0 radical (unpaired) electrons. The van der Waals surface area contributed by atoms with Crippen LogP contribution in [0.2, 0.25) is 0 Å². The number of aryl methyl sites for hydroxylation is 1. The maximum Gasteiger partial charge on any atom is 0.433 e. The minimum atomic E-state index is -4.50. The summed E-state index contributed by atoms with van der Waals surface area (Å²) in [6, 6.07) is 2.07. The van der Waals surface area contributed by atoms with Crippen molar-refractivity contribution in [3.05, 3.63) is 35.5 Å². The quantitative estimate of drug-likeness (QED) is 0.743. The van der Waals surface area contributed by atoms with Gasteiger partial charge in [-0.05, 0) is 37.7 Å². The van der Waals surface area contributed by atoms with Gasteiger partial charge < -0.3 is 15.0 Å². The number of pyridine rings is 1. The first kappa shape index (κ1) is 22.3. The lowest BCUT2D eigenvalue weighted by molar-refractivity contribution is -0.141. The van der Waals surface area contributed by atoms with E-state index >= 15 is 0 Å². The molecule has 1 saturated carbocycles. The largest absolute Gasteiger partial charge is 0.490 e. The number of ether oxygens (including phenoxy) is 1. The van der Waals surface area contributed by atoms with Gasteiger partial charge in [-0.15, -0.1) is 0 Å². The number of nitrogens with one attached hydrogen (secondary N) is 1. The van der Waals surface area contributed by atoms with Crippen molar-refractivity contribution in [2.75, 3.05) is 17.3 Å². The number of fused-ring (bicyclic) bond motifs is 1. The lowest BCUT2D eigenvalue weighted by atomic mass is 9.80. The maximum absolute atomic E-state index is 12.8. The Morgan fingerprint density at radius 1 is 1.28 bits per heavy atom. The van der Waals surface area contributed by atoms with Crippen LogP contribution in [0.5, 0.6) is 5.75 Å². The zero-order chi connectivity index (χ0) is 23.2. The van der Waals surface area contributed by atoms with Crippen LogP contribution in [-0.2, 0) is 17.4 Å². The van der Waals surface area contributed by atoms with Crippen molar-refractivity contribution in [2.45, 2.75) is 58.4 Å². The lowest BCUT2D eigenvalue weighted by Gasteiger charge is -2.38. The molecule has 172 valence electrons. The Morgan fingerprint density at radius 2 is 2.00 bits per heavy atom. The van der Waals surface area contributed by atoms with E-state index in [9.17, 15) is 18.0 Å². The van der Waals surface area contributed by atoms with Crippen LogP contribution in [0.4, 0.5) is 24.7 Å². The van der Waals surface area contributed by atoms with E-state index in [0.29, 0.717) is 30.8 Å². The van der Waals surface area contributed by atoms with Crippen LogP contribution in [0.3, 0.4) is 0 Å². The molecular weight excluding hydrogens is 423 g/mol. The first-order chi connectivity index (χ1) is 15.0. The second-order valence-electron chi connectivity index (χ2n) is 8.87. The fourth-order valence-electron chi connectivity index (χ4n) is 4.39. The molecule has 2 aliphatic rings. The summed E-state index contributed by atoms with van der Waals surface area (Å²) in [7, 11) is 1.87.